The van der Waals surface area contributed by atoms with E-state index in [1.165, 1.54) is 12.1 Å². The second-order valence-electron chi connectivity index (χ2n) is 5.40. The topological polar surface area (TPSA) is 107 Å². The molecule has 1 aromatic carbocycles. The number of nitrogens with one attached hydrogen (secondary N) is 1. The Morgan fingerprint density at radius 1 is 1.00 bits per heavy atom. The molecule has 0 radical (unpaired) electrons. The number of amides is 1. The molecule has 4 N–H and O–H groups in total. The third-order valence-corrected chi connectivity index (χ3v) is 3.81. The Balaban J connectivity index is 2.14. The van der Waals surface area contributed by atoms with E-state index in [0.29, 0.717) is 12.8 Å². The smallest absolute Gasteiger partial charge is 0.308 e. The SMILES string of the molecule is O=C(NC1CCCCCC1C(=O)O)c1cc(O)cc(O)c1. The van der Waals surface area contributed by atoms with Crippen molar-refractivity contribution in [2.45, 2.75) is 38.1 Å². The van der Waals surface area contributed by atoms with Gasteiger partial charge in [-0.05, 0) is 25.0 Å². The fraction of sp³-hybridized carbons (Fsp3) is 0.467. The summed E-state index contributed by atoms with van der Waals surface area (Å²) < 4.78 is 0. The predicted molar refractivity (Wildman–Crippen MR) is 75.2 cm³/mol. The molecule has 1 aliphatic carbocycles. The van der Waals surface area contributed by atoms with Crippen molar-refractivity contribution in [1.82, 2.24) is 5.32 Å². The maximum Gasteiger partial charge on any atom is 0.308 e. The second kappa shape index (κ2) is 6.47. The number of carbonyl (C=O) groups is 2. The Bertz CT molecular complexity index is 523. The van der Waals surface area contributed by atoms with Gasteiger partial charge < -0.3 is 20.6 Å². The Labute approximate surface area is 122 Å². The first kappa shape index (κ1) is 15.2. The molecule has 2 rings (SSSR count). The van der Waals surface area contributed by atoms with Crippen molar-refractivity contribution in [2.75, 3.05) is 0 Å². The zero-order valence-corrected chi connectivity index (χ0v) is 11.6. The molecule has 1 amide bonds. The molecule has 2 atom stereocenters. The van der Waals surface area contributed by atoms with Crippen molar-refractivity contribution in [3.05, 3.63) is 23.8 Å². The summed E-state index contributed by atoms with van der Waals surface area (Å²) in [6.45, 7) is 0. The zero-order valence-electron chi connectivity index (χ0n) is 11.6. The number of benzene rings is 1. The highest BCUT2D eigenvalue weighted by molar-refractivity contribution is 5.95. The van der Waals surface area contributed by atoms with Gasteiger partial charge in [0, 0.05) is 17.7 Å². The number of hydrogen-bond acceptors (Lipinski definition) is 4. The molecule has 1 fully saturated rings. The number of phenols is 2. The van der Waals surface area contributed by atoms with Gasteiger partial charge in [-0.25, -0.2) is 0 Å². The van der Waals surface area contributed by atoms with Gasteiger partial charge in [0.25, 0.3) is 5.91 Å². The summed E-state index contributed by atoms with van der Waals surface area (Å²) in [5.41, 5.74) is 0.112. The average molecular weight is 293 g/mol. The summed E-state index contributed by atoms with van der Waals surface area (Å²) in [5, 5.41) is 30.8. The molecule has 0 spiro atoms. The van der Waals surface area contributed by atoms with Crippen LogP contribution >= 0.6 is 0 Å². The molecule has 0 aliphatic heterocycles. The lowest BCUT2D eigenvalue weighted by molar-refractivity contribution is -0.142. The van der Waals surface area contributed by atoms with Crippen LogP contribution in [0.3, 0.4) is 0 Å². The highest BCUT2D eigenvalue weighted by Crippen LogP contribution is 2.25. The van der Waals surface area contributed by atoms with Crippen LogP contribution in [-0.4, -0.2) is 33.2 Å². The van der Waals surface area contributed by atoms with Crippen molar-refractivity contribution in [2.24, 2.45) is 5.92 Å². The van der Waals surface area contributed by atoms with Crippen molar-refractivity contribution in [3.8, 4) is 11.5 Å². The van der Waals surface area contributed by atoms with Crippen LogP contribution < -0.4 is 5.32 Å². The van der Waals surface area contributed by atoms with Gasteiger partial charge in [0.05, 0.1) is 5.92 Å². The van der Waals surface area contributed by atoms with E-state index >= 15 is 0 Å². The lowest BCUT2D eigenvalue weighted by Crippen LogP contribution is -2.42. The van der Waals surface area contributed by atoms with Gasteiger partial charge in [0.15, 0.2) is 0 Å². The number of aliphatic carboxylic acids is 1. The van der Waals surface area contributed by atoms with Gasteiger partial charge in [0.1, 0.15) is 11.5 Å². The number of carboxylic acids is 1. The van der Waals surface area contributed by atoms with Gasteiger partial charge in [-0.2, -0.15) is 0 Å². The number of hydrogen-bond donors (Lipinski definition) is 4. The van der Waals surface area contributed by atoms with E-state index in [4.69, 9.17) is 0 Å². The van der Waals surface area contributed by atoms with Crippen LogP contribution in [0.2, 0.25) is 0 Å². The van der Waals surface area contributed by atoms with Crippen LogP contribution in [0.25, 0.3) is 0 Å². The first-order valence-corrected chi connectivity index (χ1v) is 7.04. The minimum absolute atomic E-state index is 0.112. The summed E-state index contributed by atoms with van der Waals surface area (Å²) >= 11 is 0. The van der Waals surface area contributed by atoms with Crippen LogP contribution in [0, 0.1) is 5.92 Å². The quantitative estimate of drug-likeness (QED) is 0.636. The van der Waals surface area contributed by atoms with E-state index < -0.39 is 23.8 Å². The molecule has 1 aromatic rings. The van der Waals surface area contributed by atoms with Gasteiger partial charge in [-0.15, -0.1) is 0 Å². The molecule has 1 saturated carbocycles. The molecule has 114 valence electrons. The first-order valence-electron chi connectivity index (χ1n) is 7.04. The van der Waals surface area contributed by atoms with Gasteiger partial charge >= 0.3 is 5.97 Å². The number of aromatic hydroxyl groups is 2. The highest BCUT2D eigenvalue weighted by atomic mass is 16.4. The Kier molecular flexibility index (Phi) is 4.67. The molecule has 21 heavy (non-hydrogen) atoms. The minimum Gasteiger partial charge on any atom is -0.508 e. The predicted octanol–water partition coefficient (Wildman–Crippen LogP) is 1.86. The van der Waals surface area contributed by atoms with Crippen LogP contribution in [0.5, 0.6) is 11.5 Å². The molecule has 0 aromatic heterocycles. The fourth-order valence-corrected chi connectivity index (χ4v) is 2.75. The monoisotopic (exact) mass is 293 g/mol. The van der Waals surface area contributed by atoms with Crippen LogP contribution in [0.1, 0.15) is 42.5 Å². The molecule has 6 nitrogen and oxygen atoms in total. The van der Waals surface area contributed by atoms with Crippen molar-refractivity contribution in [3.63, 3.8) is 0 Å². The fourth-order valence-electron chi connectivity index (χ4n) is 2.75. The maximum absolute atomic E-state index is 12.2. The Morgan fingerprint density at radius 3 is 2.24 bits per heavy atom. The molecular formula is C15H19NO5. The van der Waals surface area contributed by atoms with Gasteiger partial charge in [-0.3, -0.25) is 9.59 Å². The van der Waals surface area contributed by atoms with Gasteiger partial charge in [0.2, 0.25) is 0 Å². The summed E-state index contributed by atoms with van der Waals surface area (Å²) in [6, 6.07) is 3.17. The van der Waals surface area contributed by atoms with E-state index in [9.17, 15) is 24.9 Å². The van der Waals surface area contributed by atoms with E-state index in [-0.39, 0.29) is 17.1 Å². The molecular weight excluding hydrogens is 274 g/mol. The summed E-state index contributed by atoms with van der Waals surface area (Å²) in [6.07, 6.45) is 3.85. The van der Waals surface area contributed by atoms with E-state index in [1.807, 2.05) is 0 Å². The average Bonchev–Trinajstić information content (AvgIpc) is 2.63. The second-order valence-corrected chi connectivity index (χ2v) is 5.40. The summed E-state index contributed by atoms with van der Waals surface area (Å²) in [7, 11) is 0. The summed E-state index contributed by atoms with van der Waals surface area (Å²) in [4.78, 5) is 23.5. The van der Waals surface area contributed by atoms with Crippen LogP contribution in [0.4, 0.5) is 0 Å². The number of carbonyl (C=O) groups excluding carboxylic acids is 1. The standard InChI is InChI=1S/C15H19NO5/c17-10-6-9(7-11(18)8-10)14(19)16-13-5-3-1-2-4-12(13)15(20)21/h6-8,12-13,17-18H,1-5H2,(H,16,19)(H,20,21). The summed E-state index contributed by atoms with van der Waals surface area (Å²) in [5.74, 6) is -2.41. The third kappa shape index (κ3) is 3.87. The zero-order chi connectivity index (χ0) is 15.4. The van der Waals surface area contributed by atoms with Crippen LogP contribution in [-0.2, 0) is 4.79 Å². The minimum atomic E-state index is -0.902. The molecule has 0 saturated heterocycles. The Morgan fingerprint density at radius 2 is 1.62 bits per heavy atom. The molecule has 6 heteroatoms. The number of carboxylic acid groups (broad SMARTS) is 1. The molecule has 0 bridgehead atoms. The third-order valence-electron chi connectivity index (χ3n) is 3.81. The first-order chi connectivity index (χ1) is 9.97. The van der Waals surface area contributed by atoms with Crippen molar-refractivity contribution >= 4 is 11.9 Å². The lowest BCUT2D eigenvalue weighted by atomic mass is 9.94. The molecule has 1 aliphatic rings. The lowest BCUT2D eigenvalue weighted by Gasteiger charge is -2.23. The van der Waals surface area contributed by atoms with Crippen molar-refractivity contribution < 1.29 is 24.9 Å². The Hall–Kier alpha value is -2.24. The maximum atomic E-state index is 12.2. The van der Waals surface area contributed by atoms with E-state index in [2.05, 4.69) is 5.32 Å². The number of phenolic OH excluding ortho intramolecular Hbond substituents is 2. The van der Waals surface area contributed by atoms with E-state index in [1.54, 1.807) is 0 Å². The van der Waals surface area contributed by atoms with Gasteiger partial charge in [-0.1, -0.05) is 19.3 Å². The molecule has 0 heterocycles. The number of rotatable bonds is 3. The van der Waals surface area contributed by atoms with E-state index in [0.717, 1.165) is 25.3 Å². The highest BCUT2D eigenvalue weighted by Gasteiger charge is 2.30. The van der Waals surface area contributed by atoms with Crippen molar-refractivity contribution in [1.29, 1.82) is 0 Å². The van der Waals surface area contributed by atoms with Crippen LogP contribution in [0.15, 0.2) is 18.2 Å². The normalized spacial score (nSPS) is 22.3. The molecule has 2 unspecified atom stereocenters. The largest absolute Gasteiger partial charge is 0.508 e.